The highest BCUT2D eigenvalue weighted by atomic mass is 16.5. The Bertz CT molecular complexity index is 431. The van der Waals surface area contributed by atoms with Gasteiger partial charge < -0.3 is 9.72 Å². The standard InChI is InChI=1S/C12H15NO/c1-3-4-10-7-9-8-11(14-2)5-6-12(9)13-10/h5-8,13H,3-4H2,1-2H3. The summed E-state index contributed by atoms with van der Waals surface area (Å²) in [4.78, 5) is 3.39. The molecule has 0 radical (unpaired) electrons. The maximum atomic E-state index is 5.18. The summed E-state index contributed by atoms with van der Waals surface area (Å²) in [5.74, 6) is 0.916. The van der Waals surface area contributed by atoms with Crippen molar-refractivity contribution in [3.8, 4) is 5.75 Å². The molecule has 14 heavy (non-hydrogen) atoms. The number of ether oxygens (including phenoxy) is 1. The number of fused-ring (bicyclic) bond motifs is 1. The lowest BCUT2D eigenvalue weighted by atomic mass is 10.2. The Balaban J connectivity index is 2.43. The molecule has 74 valence electrons. The molecule has 2 aromatic rings. The van der Waals surface area contributed by atoms with Crippen LogP contribution >= 0.6 is 0 Å². The molecule has 0 aliphatic rings. The quantitative estimate of drug-likeness (QED) is 0.788. The molecule has 0 saturated heterocycles. The smallest absolute Gasteiger partial charge is 0.119 e. The van der Waals surface area contributed by atoms with Gasteiger partial charge >= 0.3 is 0 Å². The Labute approximate surface area is 83.9 Å². The summed E-state index contributed by atoms with van der Waals surface area (Å²) in [5.41, 5.74) is 2.49. The predicted molar refractivity (Wildman–Crippen MR) is 58.8 cm³/mol. The van der Waals surface area contributed by atoms with Crippen LogP contribution in [0.25, 0.3) is 10.9 Å². The summed E-state index contributed by atoms with van der Waals surface area (Å²) in [6, 6.07) is 8.30. The number of rotatable bonds is 3. The van der Waals surface area contributed by atoms with Crippen LogP contribution in [-0.2, 0) is 6.42 Å². The van der Waals surface area contributed by atoms with Gasteiger partial charge in [0.15, 0.2) is 0 Å². The average molecular weight is 189 g/mol. The fourth-order valence-electron chi connectivity index (χ4n) is 1.70. The molecule has 2 rings (SSSR count). The predicted octanol–water partition coefficient (Wildman–Crippen LogP) is 3.13. The summed E-state index contributed by atoms with van der Waals surface area (Å²) in [5, 5.41) is 1.23. The highest BCUT2D eigenvalue weighted by molar-refractivity contribution is 5.81. The molecule has 0 atom stereocenters. The zero-order valence-electron chi connectivity index (χ0n) is 8.63. The average Bonchev–Trinajstić information content (AvgIpc) is 2.59. The van der Waals surface area contributed by atoms with Crippen molar-refractivity contribution in [2.24, 2.45) is 0 Å². The lowest BCUT2D eigenvalue weighted by Crippen LogP contribution is -1.81. The van der Waals surface area contributed by atoms with E-state index in [-0.39, 0.29) is 0 Å². The highest BCUT2D eigenvalue weighted by Gasteiger charge is 2.00. The van der Waals surface area contributed by atoms with Crippen molar-refractivity contribution in [1.82, 2.24) is 4.98 Å². The second kappa shape index (κ2) is 3.74. The van der Waals surface area contributed by atoms with E-state index in [1.807, 2.05) is 6.07 Å². The molecular formula is C12H15NO. The maximum Gasteiger partial charge on any atom is 0.119 e. The van der Waals surface area contributed by atoms with Crippen molar-refractivity contribution in [2.45, 2.75) is 19.8 Å². The van der Waals surface area contributed by atoms with Gasteiger partial charge in [-0.1, -0.05) is 13.3 Å². The van der Waals surface area contributed by atoms with Crippen molar-refractivity contribution in [1.29, 1.82) is 0 Å². The second-order valence-electron chi connectivity index (χ2n) is 3.50. The first-order valence-corrected chi connectivity index (χ1v) is 4.99. The SMILES string of the molecule is CCCc1cc2cc(OC)ccc2[nH]1. The fraction of sp³-hybridized carbons (Fsp3) is 0.333. The number of benzene rings is 1. The molecule has 2 heteroatoms. The molecule has 2 nitrogen and oxygen atoms in total. The van der Waals surface area contributed by atoms with Crippen LogP contribution in [0.3, 0.4) is 0 Å². The molecule has 0 amide bonds. The van der Waals surface area contributed by atoms with Crippen molar-refractivity contribution in [2.75, 3.05) is 7.11 Å². The van der Waals surface area contributed by atoms with Crippen LogP contribution < -0.4 is 4.74 Å². The number of hydrogen-bond acceptors (Lipinski definition) is 1. The zero-order chi connectivity index (χ0) is 9.97. The zero-order valence-corrected chi connectivity index (χ0v) is 8.63. The monoisotopic (exact) mass is 189 g/mol. The first-order chi connectivity index (χ1) is 6.83. The van der Waals surface area contributed by atoms with Gasteiger partial charge in [-0.25, -0.2) is 0 Å². The van der Waals surface area contributed by atoms with Gasteiger partial charge in [0.2, 0.25) is 0 Å². The summed E-state index contributed by atoms with van der Waals surface area (Å²) < 4.78 is 5.18. The minimum atomic E-state index is 0.916. The highest BCUT2D eigenvalue weighted by Crippen LogP contribution is 2.21. The molecule has 0 unspecified atom stereocenters. The maximum absolute atomic E-state index is 5.18. The molecule has 0 spiro atoms. The first-order valence-electron chi connectivity index (χ1n) is 4.99. The molecule has 1 heterocycles. The van der Waals surface area contributed by atoms with Crippen LogP contribution in [-0.4, -0.2) is 12.1 Å². The Hall–Kier alpha value is -1.44. The van der Waals surface area contributed by atoms with E-state index < -0.39 is 0 Å². The number of methoxy groups -OCH3 is 1. The lowest BCUT2D eigenvalue weighted by Gasteiger charge is -1.97. The number of H-pyrrole nitrogens is 1. The summed E-state index contributed by atoms with van der Waals surface area (Å²) in [6.07, 6.45) is 2.28. The first kappa shape index (κ1) is 9.13. The fourth-order valence-corrected chi connectivity index (χ4v) is 1.70. The molecule has 0 aliphatic heterocycles. The van der Waals surface area contributed by atoms with Crippen LogP contribution in [0, 0.1) is 0 Å². The van der Waals surface area contributed by atoms with Gasteiger partial charge in [-0.3, -0.25) is 0 Å². The number of hydrogen-bond donors (Lipinski definition) is 1. The van der Waals surface area contributed by atoms with Crippen LogP contribution in [0.4, 0.5) is 0 Å². The van der Waals surface area contributed by atoms with Crippen molar-refractivity contribution in [3.63, 3.8) is 0 Å². The van der Waals surface area contributed by atoms with E-state index in [9.17, 15) is 0 Å². The molecule has 1 aromatic heterocycles. The molecule has 0 aliphatic carbocycles. The van der Waals surface area contributed by atoms with E-state index in [4.69, 9.17) is 4.74 Å². The Morgan fingerprint density at radius 1 is 1.29 bits per heavy atom. The topological polar surface area (TPSA) is 25.0 Å². The van der Waals surface area contributed by atoms with Crippen molar-refractivity contribution >= 4 is 10.9 Å². The van der Waals surface area contributed by atoms with E-state index in [0.29, 0.717) is 0 Å². The molecule has 1 N–H and O–H groups in total. The van der Waals surface area contributed by atoms with Gasteiger partial charge in [-0.05, 0) is 30.7 Å². The normalized spacial score (nSPS) is 10.7. The van der Waals surface area contributed by atoms with E-state index >= 15 is 0 Å². The third-order valence-corrected chi connectivity index (χ3v) is 2.40. The van der Waals surface area contributed by atoms with E-state index in [0.717, 1.165) is 12.2 Å². The van der Waals surface area contributed by atoms with Gasteiger partial charge in [-0.2, -0.15) is 0 Å². The van der Waals surface area contributed by atoms with E-state index in [2.05, 4.69) is 30.1 Å². The molecule has 0 bridgehead atoms. The minimum absolute atomic E-state index is 0.916. The number of aryl methyl sites for hydroxylation is 1. The number of aromatic amines is 1. The van der Waals surface area contributed by atoms with Crippen molar-refractivity contribution < 1.29 is 4.74 Å². The molecule has 1 aromatic carbocycles. The van der Waals surface area contributed by atoms with Crippen LogP contribution in [0.15, 0.2) is 24.3 Å². The number of aromatic nitrogens is 1. The summed E-state index contributed by atoms with van der Waals surface area (Å²) >= 11 is 0. The summed E-state index contributed by atoms with van der Waals surface area (Å²) in [6.45, 7) is 2.19. The van der Waals surface area contributed by atoms with Gasteiger partial charge in [0.1, 0.15) is 5.75 Å². The molecular weight excluding hydrogens is 174 g/mol. The van der Waals surface area contributed by atoms with Gasteiger partial charge in [-0.15, -0.1) is 0 Å². The van der Waals surface area contributed by atoms with E-state index in [1.54, 1.807) is 7.11 Å². The van der Waals surface area contributed by atoms with E-state index in [1.165, 1.54) is 23.0 Å². The van der Waals surface area contributed by atoms with Crippen LogP contribution in [0.1, 0.15) is 19.0 Å². The Morgan fingerprint density at radius 2 is 2.14 bits per heavy atom. The Morgan fingerprint density at radius 3 is 2.86 bits per heavy atom. The third kappa shape index (κ3) is 1.60. The second-order valence-corrected chi connectivity index (χ2v) is 3.50. The third-order valence-electron chi connectivity index (χ3n) is 2.40. The molecule has 0 fully saturated rings. The minimum Gasteiger partial charge on any atom is -0.497 e. The van der Waals surface area contributed by atoms with Gasteiger partial charge in [0.05, 0.1) is 7.11 Å². The van der Waals surface area contributed by atoms with Gasteiger partial charge in [0, 0.05) is 16.6 Å². The lowest BCUT2D eigenvalue weighted by molar-refractivity contribution is 0.415. The van der Waals surface area contributed by atoms with Crippen LogP contribution in [0.5, 0.6) is 5.75 Å². The van der Waals surface area contributed by atoms with Crippen molar-refractivity contribution in [3.05, 3.63) is 30.0 Å². The molecule has 0 saturated carbocycles. The largest absolute Gasteiger partial charge is 0.497 e. The Kier molecular flexibility index (Phi) is 2.44. The van der Waals surface area contributed by atoms with Crippen LogP contribution in [0.2, 0.25) is 0 Å². The van der Waals surface area contributed by atoms with Gasteiger partial charge in [0.25, 0.3) is 0 Å². The summed E-state index contributed by atoms with van der Waals surface area (Å²) in [7, 11) is 1.70. The number of nitrogens with one attached hydrogen (secondary N) is 1.